The maximum atomic E-state index is 12.7. The van der Waals surface area contributed by atoms with Gasteiger partial charge in [0.1, 0.15) is 23.0 Å². The standard InChI is InChI=1S/C29H49N3O7/c1-8-36-23-13-11-22(12-14-23)10-9-19-37-25(33)20-24(27(35)39-29(5,6)7)32-18-17-30-15-16-31-21-26(34)38-28(2,3)4/h11-14,24,30-32H,8-10,15-21H2,1-7H3. The van der Waals surface area contributed by atoms with Crippen LogP contribution in [0.5, 0.6) is 5.75 Å². The Bertz CT molecular complexity index is 861. The Labute approximate surface area is 233 Å². The minimum atomic E-state index is -0.810. The number of ether oxygens (including phenoxy) is 4. The van der Waals surface area contributed by atoms with E-state index in [0.717, 1.165) is 17.7 Å². The van der Waals surface area contributed by atoms with Crippen LogP contribution in [0.15, 0.2) is 24.3 Å². The van der Waals surface area contributed by atoms with Crippen LogP contribution in [-0.4, -0.2) is 81.1 Å². The number of carbonyl (C=O) groups is 3. The van der Waals surface area contributed by atoms with Gasteiger partial charge in [-0.1, -0.05) is 12.1 Å². The highest BCUT2D eigenvalue weighted by Gasteiger charge is 2.27. The highest BCUT2D eigenvalue weighted by atomic mass is 16.6. The summed E-state index contributed by atoms with van der Waals surface area (Å²) in [6.07, 6.45) is 1.33. The average Bonchev–Trinajstić information content (AvgIpc) is 2.81. The topological polar surface area (TPSA) is 124 Å². The fourth-order valence-corrected chi connectivity index (χ4v) is 3.42. The van der Waals surface area contributed by atoms with Crippen LogP contribution >= 0.6 is 0 Å². The van der Waals surface area contributed by atoms with Crippen LogP contribution in [0.4, 0.5) is 0 Å². The monoisotopic (exact) mass is 551 g/mol. The summed E-state index contributed by atoms with van der Waals surface area (Å²) in [6, 6.07) is 7.05. The molecule has 0 amide bonds. The lowest BCUT2D eigenvalue weighted by Crippen LogP contribution is -2.45. The molecule has 3 N–H and O–H groups in total. The highest BCUT2D eigenvalue weighted by Crippen LogP contribution is 2.14. The molecule has 0 fully saturated rings. The molecule has 0 spiro atoms. The number of hydrogen-bond donors (Lipinski definition) is 3. The molecule has 0 bridgehead atoms. The first-order valence-corrected chi connectivity index (χ1v) is 13.8. The third-order valence-electron chi connectivity index (χ3n) is 5.03. The third-order valence-corrected chi connectivity index (χ3v) is 5.03. The predicted octanol–water partition coefficient (Wildman–Crippen LogP) is 2.77. The van der Waals surface area contributed by atoms with Crippen molar-refractivity contribution in [3.8, 4) is 5.75 Å². The lowest BCUT2D eigenvalue weighted by atomic mass is 10.1. The second-order valence-corrected chi connectivity index (χ2v) is 11.2. The maximum Gasteiger partial charge on any atom is 0.324 e. The molecule has 0 heterocycles. The van der Waals surface area contributed by atoms with Crippen LogP contribution in [0, 0.1) is 0 Å². The van der Waals surface area contributed by atoms with Gasteiger partial charge in [0.15, 0.2) is 0 Å². The summed E-state index contributed by atoms with van der Waals surface area (Å²) in [5, 5.41) is 9.33. The molecule has 1 aromatic rings. The molecule has 39 heavy (non-hydrogen) atoms. The molecule has 1 unspecified atom stereocenters. The Balaban J connectivity index is 2.36. The van der Waals surface area contributed by atoms with Gasteiger partial charge < -0.3 is 34.9 Å². The van der Waals surface area contributed by atoms with E-state index in [1.165, 1.54) is 0 Å². The average molecular weight is 552 g/mol. The van der Waals surface area contributed by atoms with Crippen LogP contribution < -0.4 is 20.7 Å². The van der Waals surface area contributed by atoms with Gasteiger partial charge in [-0.3, -0.25) is 14.4 Å². The lowest BCUT2D eigenvalue weighted by molar-refractivity contribution is -0.161. The molecular formula is C29H49N3O7. The summed E-state index contributed by atoms with van der Waals surface area (Å²) < 4.78 is 21.6. The minimum absolute atomic E-state index is 0.116. The summed E-state index contributed by atoms with van der Waals surface area (Å²) >= 11 is 0. The fraction of sp³-hybridized carbons (Fsp3) is 0.690. The Kier molecular flexibility index (Phi) is 15.7. The molecule has 0 aliphatic heterocycles. The number of aryl methyl sites for hydroxylation is 1. The molecule has 0 saturated heterocycles. The van der Waals surface area contributed by atoms with Crippen molar-refractivity contribution in [1.82, 2.24) is 16.0 Å². The van der Waals surface area contributed by atoms with E-state index in [1.54, 1.807) is 20.8 Å². The van der Waals surface area contributed by atoms with E-state index in [2.05, 4.69) is 16.0 Å². The van der Waals surface area contributed by atoms with Crippen LogP contribution in [0.3, 0.4) is 0 Å². The second kappa shape index (κ2) is 17.8. The Hall–Kier alpha value is -2.69. The van der Waals surface area contributed by atoms with Crippen molar-refractivity contribution in [2.75, 3.05) is 45.9 Å². The normalized spacial score (nSPS) is 12.5. The van der Waals surface area contributed by atoms with Crippen molar-refractivity contribution in [1.29, 1.82) is 0 Å². The molecule has 0 radical (unpaired) electrons. The number of hydrogen-bond acceptors (Lipinski definition) is 10. The number of esters is 3. The summed E-state index contributed by atoms with van der Waals surface area (Å²) in [5.41, 5.74) is -0.0386. The number of rotatable bonds is 18. The van der Waals surface area contributed by atoms with Gasteiger partial charge in [-0.05, 0) is 79.0 Å². The molecule has 10 heteroatoms. The van der Waals surface area contributed by atoms with E-state index >= 15 is 0 Å². The minimum Gasteiger partial charge on any atom is -0.494 e. The first-order valence-electron chi connectivity index (χ1n) is 13.8. The van der Waals surface area contributed by atoms with E-state index in [4.69, 9.17) is 18.9 Å². The number of carbonyl (C=O) groups excluding carboxylic acids is 3. The van der Waals surface area contributed by atoms with Gasteiger partial charge in [-0.25, -0.2) is 0 Å². The molecular weight excluding hydrogens is 502 g/mol. The van der Waals surface area contributed by atoms with Gasteiger partial charge in [-0.2, -0.15) is 0 Å². The SMILES string of the molecule is CCOc1ccc(CCCOC(=O)CC(NCCNCCNCC(=O)OC(C)(C)C)C(=O)OC(C)(C)C)cc1. The van der Waals surface area contributed by atoms with Crippen molar-refractivity contribution < 1.29 is 33.3 Å². The van der Waals surface area contributed by atoms with E-state index in [1.807, 2.05) is 52.0 Å². The fourth-order valence-electron chi connectivity index (χ4n) is 3.42. The molecule has 10 nitrogen and oxygen atoms in total. The zero-order valence-electron chi connectivity index (χ0n) is 24.8. The first kappa shape index (κ1) is 34.3. The van der Waals surface area contributed by atoms with Crippen molar-refractivity contribution in [3.63, 3.8) is 0 Å². The molecule has 1 aromatic carbocycles. The highest BCUT2D eigenvalue weighted by molar-refractivity contribution is 5.83. The van der Waals surface area contributed by atoms with E-state index in [9.17, 15) is 14.4 Å². The smallest absolute Gasteiger partial charge is 0.324 e. The zero-order valence-corrected chi connectivity index (χ0v) is 24.8. The molecule has 0 saturated carbocycles. The van der Waals surface area contributed by atoms with Crippen molar-refractivity contribution in [3.05, 3.63) is 29.8 Å². The van der Waals surface area contributed by atoms with Crippen LogP contribution in [0.2, 0.25) is 0 Å². The molecule has 0 aliphatic carbocycles. The molecule has 222 valence electrons. The van der Waals surface area contributed by atoms with Gasteiger partial charge in [0.25, 0.3) is 0 Å². The van der Waals surface area contributed by atoms with Gasteiger partial charge in [0, 0.05) is 26.2 Å². The largest absolute Gasteiger partial charge is 0.494 e. The van der Waals surface area contributed by atoms with Crippen molar-refractivity contribution in [2.24, 2.45) is 0 Å². The maximum absolute atomic E-state index is 12.7. The quantitative estimate of drug-likeness (QED) is 0.143. The summed E-state index contributed by atoms with van der Waals surface area (Å²) in [5.74, 6) is -0.414. The van der Waals surface area contributed by atoms with E-state index < -0.39 is 29.2 Å². The van der Waals surface area contributed by atoms with Crippen molar-refractivity contribution >= 4 is 17.9 Å². The second-order valence-electron chi connectivity index (χ2n) is 11.2. The molecule has 0 aliphatic rings. The molecule has 1 atom stereocenters. The predicted molar refractivity (Wildman–Crippen MR) is 151 cm³/mol. The molecule has 0 aromatic heterocycles. The van der Waals surface area contributed by atoms with Gasteiger partial charge >= 0.3 is 17.9 Å². The van der Waals surface area contributed by atoms with E-state index in [-0.39, 0.29) is 25.5 Å². The summed E-state index contributed by atoms with van der Waals surface area (Å²) in [4.78, 5) is 36.8. The number of benzene rings is 1. The number of nitrogens with one attached hydrogen (secondary N) is 3. The van der Waals surface area contributed by atoms with Gasteiger partial charge in [0.2, 0.25) is 0 Å². The van der Waals surface area contributed by atoms with Crippen LogP contribution in [0.25, 0.3) is 0 Å². The Morgan fingerprint density at radius 3 is 2.05 bits per heavy atom. The van der Waals surface area contributed by atoms with Crippen molar-refractivity contribution in [2.45, 2.75) is 85.0 Å². The first-order chi connectivity index (χ1) is 18.3. The Morgan fingerprint density at radius 2 is 1.44 bits per heavy atom. The zero-order chi connectivity index (χ0) is 29.3. The van der Waals surface area contributed by atoms with Crippen LogP contribution in [-0.2, 0) is 35.0 Å². The van der Waals surface area contributed by atoms with Gasteiger partial charge in [-0.15, -0.1) is 0 Å². The third kappa shape index (κ3) is 18.3. The van der Waals surface area contributed by atoms with Gasteiger partial charge in [0.05, 0.1) is 26.2 Å². The Morgan fingerprint density at radius 1 is 0.821 bits per heavy atom. The summed E-state index contributed by atoms with van der Waals surface area (Å²) in [7, 11) is 0. The van der Waals surface area contributed by atoms with E-state index in [0.29, 0.717) is 39.2 Å². The lowest BCUT2D eigenvalue weighted by Gasteiger charge is -2.24. The molecule has 1 rings (SSSR count). The van der Waals surface area contributed by atoms with Crippen LogP contribution in [0.1, 0.15) is 66.9 Å². The summed E-state index contributed by atoms with van der Waals surface area (Å²) in [6.45, 7) is 16.0.